The second-order valence-electron chi connectivity index (χ2n) is 7.68. The zero-order valence-electron chi connectivity index (χ0n) is 17.0. The van der Waals surface area contributed by atoms with E-state index in [0.717, 1.165) is 29.7 Å². The Hall–Kier alpha value is -2.79. The molecule has 2 aromatic rings. The van der Waals surface area contributed by atoms with Crippen molar-refractivity contribution >= 4 is 23.7 Å². The summed E-state index contributed by atoms with van der Waals surface area (Å²) in [6.07, 6.45) is 2.67. The number of imide groups is 1. The van der Waals surface area contributed by atoms with Crippen molar-refractivity contribution in [3.63, 3.8) is 0 Å². The number of hydrogen-bond donors (Lipinski definition) is 1. The van der Waals surface area contributed by atoms with E-state index < -0.39 is 5.92 Å². The van der Waals surface area contributed by atoms with Crippen LogP contribution in [0.3, 0.4) is 0 Å². The number of carbonyl (C=O) groups excluding carboxylic acids is 2. The second-order valence-corrected chi connectivity index (χ2v) is 7.68. The Kier molecular flexibility index (Phi) is 6.05. The Morgan fingerprint density at radius 2 is 1.82 bits per heavy atom. The van der Waals surface area contributed by atoms with Gasteiger partial charge in [0.1, 0.15) is 0 Å². The molecular weight excluding hydrogens is 350 g/mol. The molecule has 1 N–H and O–H groups in total. The molecule has 0 radical (unpaired) electrons. The van der Waals surface area contributed by atoms with Crippen LogP contribution in [0.5, 0.6) is 0 Å². The summed E-state index contributed by atoms with van der Waals surface area (Å²) in [5.74, 6) is -1.05. The first-order valence-electron chi connectivity index (χ1n) is 9.73. The largest absolute Gasteiger partial charge is 0.340 e. The van der Waals surface area contributed by atoms with E-state index in [4.69, 9.17) is 0 Å². The van der Waals surface area contributed by atoms with Gasteiger partial charge in [0, 0.05) is 24.7 Å². The SMILES string of the molecule is Cc1ccc(N2C(=O)c3ccccc3[C@H](C=NCCC[NH+](C)C)C2=O)cc1C. The first-order chi connectivity index (χ1) is 13.4. The lowest BCUT2D eigenvalue weighted by Crippen LogP contribution is -3.05. The summed E-state index contributed by atoms with van der Waals surface area (Å²) in [7, 11) is 4.22. The molecule has 0 saturated heterocycles. The molecule has 146 valence electrons. The predicted molar refractivity (Wildman–Crippen MR) is 113 cm³/mol. The Bertz CT molecular complexity index is 918. The molecule has 0 aliphatic carbocycles. The first kappa shape index (κ1) is 20.0. The number of quaternary nitrogens is 1. The van der Waals surface area contributed by atoms with Gasteiger partial charge in [-0.2, -0.15) is 0 Å². The van der Waals surface area contributed by atoms with E-state index in [1.54, 1.807) is 12.3 Å². The van der Waals surface area contributed by atoms with Gasteiger partial charge < -0.3 is 4.90 Å². The summed E-state index contributed by atoms with van der Waals surface area (Å²) >= 11 is 0. The number of carbonyl (C=O) groups is 2. The highest BCUT2D eigenvalue weighted by molar-refractivity contribution is 6.29. The quantitative estimate of drug-likeness (QED) is 0.476. The van der Waals surface area contributed by atoms with Gasteiger partial charge in [-0.15, -0.1) is 0 Å². The molecule has 0 spiro atoms. The van der Waals surface area contributed by atoms with Crippen molar-refractivity contribution in [3.05, 3.63) is 64.7 Å². The van der Waals surface area contributed by atoms with Gasteiger partial charge in [0.25, 0.3) is 5.91 Å². The molecule has 3 rings (SSSR count). The number of benzene rings is 2. The van der Waals surface area contributed by atoms with Crippen molar-refractivity contribution in [2.75, 3.05) is 32.1 Å². The van der Waals surface area contributed by atoms with Gasteiger partial charge in [-0.05, 0) is 48.7 Å². The Morgan fingerprint density at radius 1 is 1.07 bits per heavy atom. The van der Waals surface area contributed by atoms with Crippen LogP contribution in [0.15, 0.2) is 47.5 Å². The summed E-state index contributed by atoms with van der Waals surface area (Å²) in [4.78, 5) is 33.5. The maximum atomic E-state index is 13.3. The number of rotatable bonds is 6. The summed E-state index contributed by atoms with van der Waals surface area (Å²) in [6.45, 7) is 5.70. The van der Waals surface area contributed by atoms with Crippen molar-refractivity contribution in [2.45, 2.75) is 26.2 Å². The summed E-state index contributed by atoms with van der Waals surface area (Å²) in [5.41, 5.74) is 4.09. The topological polar surface area (TPSA) is 54.2 Å². The first-order valence-corrected chi connectivity index (χ1v) is 9.73. The number of fused-ring (bicyclic) bond motifs is 1. The van der Waals surface area contributed by atoms with Gasteiger partial charge in [0.05, 0.1) is 32.2 Å². The fourth-order valence-corrected chi connectivity index (χ4v) is 3.41. The predicted octanol–water partition coefficient (Wildman–Crippen LogP) is 2.18. The van der Waals surface area contributed by atoms with E-state index in [2.05, 4.69) is 19.1 Å². The molecule has 1 aliphatic rings. The zero-order chi connectivity index (χ0) is 20.3. The lowest BCUT2D eigenvalue weighted by Gasteiger charge is -2.31. The number of aliphatic imine (C=N–C) groups is 1. The lowest BCUT2D eigenvalue weighted by atomic mass is 9.88. The zero-order valence-corrected chi connectivity index (χ0v) is 17.0. The molecule has 5 heteroatoms. The highest BCUT2D eigenvalue weighted by Gasteiger charge is 2.38. The smallest absolute Gasteiger partial charge is 0.265 e. The number of hydrogen-bond acceptors (Lipinski definition) is 3. The molecular formula is C23H28N3O2+. The third-order valence-corrected chi connectivity index (χ3v) is 5.18. The van der Waals surface area contributed by atoms with Crippen molar-refractivity contribution in [1.29, 1.82) is 0 Å². The monoisotopic (exact) mass is 378 g/mol. The minimum absolute atomic E-state index is 0.242. The summed E-state index contributed by atoms with van der Waals surface area (Å²) < 4.78 is 0. The van der Waals surface area contributed by atoms with Crippen LogP contribution in [-0.2, 0) is 4.79 Å². The van der Waals surface area contributed by atoms with Crippen LogP contribution in [0.25, 0.3) is 0 Å². The number of nitrogens with one attached hydrogen (secondary N) is 1. The Morgan fingerprint density at radius 3 is 2.54 bits per heavy atom. The highest BCUT2D eigenvalue weighted by Crippen LogP contribution is 2.32. The summed E-state index contributed by atoms with van der Waals surface area (Å²) in [6, 6.07) is 13.0. The molecule has 2 aromatic carbocycles. The lowest BCUT2D eigenvalue weighted by molar-refractivity contribution is -0.858. The minimum atomic E-state index is -0.540. The van der Waals surface area contributed by atoms with E-state index in [-0.39, 0.29) is 11.8 Å². The molecule has 0 saturated carbocycles. The van der Waals surface area contributed by atoms with Gasteiger partial charge in [0.2, 0.25) is 5.91 Å². The molecule has 0 unspecified atom stereocenters. The molecule has 1 aliphatic heterocycles. The van der Waals surface area contributed by atoms with E-state index >= 15 is 0 Å². The molecule has 0 aromatic heterocycles. The molecule has 2 amide bonds. The van der Waals surface area contributed by atoms with Crippen molar-refractivity contribution < 1.29 is 14.5 Å². The molecule has 1 atom stereocenters. The van der Waals surface area contributed by atoms with E-state index in [9.17, 15) is 9.59 Å². The maximum Gasteiger partial charge on any atom is 0.265 e. The van der Waals surface area contributed by atoms with Crippen LogP contribution in [-0.4, -0.2) is 45.2 Å². The number of amides is 2. The van der Waals surface area contributed by atoms with Gasteiger partial charge in [-0.1, -0.05) is 24.3 Å². The normalized spacial score (nSPS) is 16.9. The van der Waals surface area contributed by atoms with Crippen molar-refractivity contribution in [3.8, 4) is 0 Å². The van der Waals surface area contributed by atoms with Crippen LogP contribution in [0.4, 0.5) is 5.69 Å². The van der Waals surface area contributed by atoms with Crippen LogP contribution in [0.1, 0.15) is 39.4 Å². The average molecular weight is 378 g/mol. The average Bonchev–Trinajstić information content (AvgIpc) is 2.66. The highest BCUT2D eigenvalue weighted by atomic mass is 16.2. The Balaban J connectivity index is 1.94. The number of aryl methyl sites for hydroxylation is 2. The number of anilines is 1. The van der Waals surface area contributed by atoms with Gasteiger partial charge in [0.15, 0.2) is 0 Å². The van der Waals surface area contributed by atoms with E-state index in [0.29, 0.717) is 17.8 Å². The fourth-order valence-electron chi connectivity index (χ4n) is 3.41. The van der Waals surface area contributed by atoms with Crippen LogP contribution < -0.4 is 9.80 Å². The fraction of sp³-hybridized carbons (Fsp3) is 0.348. The standard InChI is InChI=1S/C23H27N3O2/c1-16-10-11-18(14-17(16)2)26-22(27)20-9-6-5-8-19(20)21(23(26)28)15-24-12-7-13-25(3)4/h5-6,8-11,14-15,21H,7,12-13H2,1-4H3/p+1/t21-/m0/s1. The number of nitrogens with zero attached hydrogens (tertiary/aromatic N) is 2. The van der Waals surface area contributed by atoms with Crippen molar-refractivity contribution in [2.24, 2.45) is 4.99 Å². The molecule has 28 heavy (non-hydrogen) atoms. The van der Waals surface area contributed by atoms with Gasteiger partial charge in [-0.25, -0.2) is 4.90 Å². The Labute approximate surface area is 166 Å². The molecule has 5 nitrogen and oxygen atoms in total. The second kappa shape index (κ2) is 8.48. The maximum absolute atomic E-state index is 13.3. The third kappa shape index (κ3) is 4.04. The van der Waals surface area contributed by atoms with Gasteiger partial charge >= 0.3 is 0 Å². The van der Waals surface area contributed by atoms with Crippen LogP contribution in [0.2, 0.25) is 0 Å². The molecule has 1 heterocycles. The molecule has 0 fully saturated rings. The van der Waals surface area contributed by atoms with Crippen molar-refractivity contribution in [1.82, 2.24) is 0 Å². The van der Waals surface area contributed by atoms with E-state index in [1.165, 1.54) is 9.80 Å². The summed E-state index contributed by atoms with van der Waals surface area (Å²) in [5, 5.41) is 0. The van der Waals surface area contributed by atoms with Crippen LogP contribution in [0, 0.1) is 13.8 Å². The minimum Gasteiger partial charge on any atom is -0.340 e. The molecule has 0 bridgehead atoms. The van der Waals surface area contributed by atoms with Crippen LogP contribution >= 0.6 is 0 Å². The van der Waals surface area contributed by atoms with Gasteiger partial charge in [-0.3, -0.25) is 14.6 Å². The third-order valence-electron chi connectivity index (χ3n) is 5.18. The van der Waals surface area contributed by atoms with E-state index in [1.807, 2.05) is 50.2 Å².